The molecule has 6 nitrogen and oxygen atoms in total. The van der Waals surface area contributed by atoms with Crippen LogP contribution in [0.2, 0.25) is 0 Å². The van der Waals surface area contributed by atoms with Gasteiger partial charge in [0.2, 0.25) is 0 Å². The van der Waals surface area contributed by atoms with Gasteiger partial charge in [-0.1, -0.05) is 11.3 Å². The van der Waals surface area contributed by atoms with E-state index >= 15 is 0 Å². The van der Waals surface area contributed by atoms with Gasteiger partial charge in [-0.15, -0.1) is 11.3 Å². The van der Waals surface area contributed by atoms with Crippen LogP contribution in [0.25, 0.3) is 0 Å². The van der Waals surface area contributed by atoms with Crippen molar-refractivity contribution in [1.29, 1.82) is 5.26 Å². The normalized spacial score (nSPS) is 23.5. The van der Waals surface area contributed by atoms with Gasteiger partial charge in [-0.05, 0) is 57.1 Å². The Morgan fingerprint density at radius 2 is 1.97 bits per heavy atom. The summed E-state index contributed by atoms with van der Waals surface area (Å²) >= 11 is 3.48. The Bertz CT molecular complexity index is 1420. The third kappa shape index (κ3) is 2.54. The Hall–Kier alpha value is -2.89. The molecule has 1 atom stereocenters. The van der Waals surface area contributed by atoms with Crippen LogP contribution in [0.5, 0.6) is 0 Å². The SMILES string of the molecule is Cc1cc([C@H]2C(C#N)=C3N=C(N)c4c(sc5c4C4CCN5CC4)N3C3=C2C(=O)CCC3)c(C)s1. The number of hydrogen-bond donors (Lipinski definition) is 1. The molecule has 2 N–H and O–H groups in total. The van der Waals surface area contributed by atoms with Crippen LogP contribution in [0.15, 0.2) is 33.7 Å². The molecule has 6 aliphatic rings. The fourth-order valence-electron chi connectivity index (χ4n) is 6.60. The van der Waals surface area contributed by atoms with Gasteiger partial charge in [0.1, 0.15) is 10.8 Å². The molecule has 0 saturated carbocycles. The van der Waals surface area contributed by atoms with Crippen LogP contribution < -0.4 is 15.5 Å². The second kappa shape index (κ2) is 7.06. The summed E-state index contributed by atoms with van der Waals surface area (Å²) in [6.07, 6.45) is 4.48. The lowest BCUT2D eigenvalue weighted by molar-refractivity contribution is -0.116. The first-order valence-electron chi connectivity index (χ1n) is 12.0. The highest BCUT2D eigenvalue weighted by molar-refractivity contribution is 7.21. The molecule has 5 aliphatic heterocycles. The highest BCUT2D eigenvalue weighted by atomic mass is 32.1. The monoisotopic (exact) mass is 487 g/mol. The number of carbonyl (C=O) groups is 1. The van der Waals surface area contributed by atoms with Gasteiger partial charge in [-0.3, -0.25) is 9.69 Å². The summed E-state index contributed by atoms with van der Waals surface area (Å²) in [5.41, 5.74) is 12.5. The van der Waals surface area contributed by atoms with Gasteiger partial charge in [0.15, 0.2) is 11.6 Å². The van der Waals surface area contributed by atoms with Crippen molar-refractivity contribution in [2.75, 3.05) is 22.9 Å². The van der Waals surface area contributed by atoms with Crippen LogP contribution in [0.3, 0.4) is 0 Å². The number of nitrogens with zero attached hydrogens (tertiary/aromatic N) is 4. The molecular formula is C26H25N5OS2. The van der Waals surface area contributed by atoms with Crippen molar-refractivity contribution in [2.45, 2.75) is 57.8 Å². The number of nitriles is 1. The van der Waals surface area contributed by atoms with Crippen LogP contribution in [0.4, 0.5) is 10.0 Å². The van der Waals surface area contributed by atoms with Gasteiger partial charge in [0.05, 0.1) is 28.1 Å². The first-order valence-corrected chi connectivity index (χ1v) is 13.6. The van der Waals surface area contributed by atoms with Gasteiger partial charge < -0.3 is 10.6 Å². The lowest BCUT2D eigenvalue weighted by atomic mass is 9.75. The summed E-state index contributed by atoms with van der Waals surface area (Å²) < 4.78 is 0. The van der Waals surface area contributed by atoms with Crippen molar-refractivity contribution in [3.63, 3.8) is 0 Å². The number of aliphatic imine (C=N–C) groups is 1. The highest BCUT2D eigenvalue weighted by Gasteiger charge is 2.47. The number of aryl methyl sites for hydroxylation is 2. The van der Waals surface area contributed by atoms with Crippen molar-refractivity contribution in [3.05, 3.63) is 55.2 Å². The molecule has 34 heavy (non-hydrogen) atoms. The van der Waals surface area contributed by atoms with Crippen LogP contribution in [-0.4, -0.2) is 24.7 Å². The predicted molar refractivity (Wildman–Crippen MR) is 137 cm³/mol. The number of allylic oxidation sites excluding steroid dienone is 3. The Kier molecular flexibility index (Phi) is 4.25. The second-order valence-corrected chi connectivity index (χ2v) is 12.3. The number of piperidine rings is 1. The first-order chi connectivity index (χ1) is 16.5. The lowest BCUT2D eigenvalue weighted by Gasteiger charge is -2.41. The van der Waals surface area contributed by atoms with E-state index in [1.807, 2.05) is 0 Å². The predicted octanol–water partition coefficient (Wildman–Crippen LogP) is 5.19. The van der Waals surface area contributed by atoms with Crippen molar-refractivity contribution in [2.24, 2.45) is 10.7 Å². The Balaban J connectivity index is 1.52. The second-order valence-electron chi connectivity index (χ2n) is 9.88. The molecular weight excluding hydrogens is 462 g/mol. The molecule has 1 fully saturated rings. The largest absolute Gasteiger partial charge is 0.383 e. The Labute approximate surface area is 206 Å². The van der Waals surface area contributed by atoms with E-state index in [2.05, 4.69) is 35.8 Å². The minimum atomic E-state index is -0.364. The van der Waals surface area contributed by atoms with Crippen molar-refractivity contribution >= 4 is 44.3 Å². The molecule has 0 unspecified atom stereocenters. The molecule has 1 aliphatic carbocycles. The van der Waals surface area contributed by atoms with E-state index in [9.17, 15) is 10.1 Å². The molecule has 1 saturated heterocycles. The van der Waals surface area contributed by atoms with E-state index in [-0.39, 0.29) is 11.7 Å². The number of Topliss-reactive ketones (excluding diaryl/α,β-unsaturated/α-hetero) is 1. The van der Waals surface area contributed by atoms with E-state index in [1.165, 1.54) is 15.4 Å². The zero-order valence-electron chi connectivity index (χ0n) is 19.3. The molecule has 2 aromatic rings. The van der Waals surface area contributed by atoms with E-state index in [1.54, 1.807) is 22.7 Å². The maximum atomic E-state index is 13.5. The highest BCUT2D eigenvalue weighted by Crippen LogP contribution is 2.58. The molecule has 2 aromatic heterocycles. The summed E-state index contributed by atoms with van der Waals surface area (Å²) in [5.74, 6) is 1.45. The van der Waals surface area contributed by atoms with Gasteiger partial charge in [-0.25, -0.2) is 4.99 Å². The van der Waals surface area contributed by atoms with Crippen molar-refractivity contribution in [3.8, 4) is 6.07 Å². The van der Waals surface area contributed by atoms with E-state index in [4.69, 9.17) is 10.7 Å². The number of amidine groups is 1. The number of fused-ring (bicyclic) bond motifs is 6. The Morgan fingerprint density at radius 1 is 1.18 bits per heavy atom. The van der Waals surface area contributed by atoms with Crippen LogP contribution >= 0.6 is 22.7 Å². The number of ketones is 1. The lowest BCUT2D eigenvalue weighted by Crippen LogP contribution is -2.40. The van der Waals surface area contributed by atoms with Crippen LogP contribution in [-0.2, 0) is 4.79 Å². The van der Waals surface area contributed by atoms with Crippen molar-refractivity contribution < 1.29 is 4.79 Å². The first kappa shape index (κ1) is 20.5. The third-order valence-electron chi connectivity index (χ3n) is 8.02. The zero-order valence-corrected chi connectivity index (χ0v) is 20.9. The molecule has 0 radical (unpaired) electrons. The van der Waals surface area contributed by atoms with Crippen LogP contribution in [0.1, 0.15) is 70.4 Å². The summed E-state index contributed by atoms with van der Waals surface area (Å²) in [4.78, 5) is 25.3. The average Bonchev–Trinajstić information content (AvgIpc) is 3.40. The maximum absolute atomic E-state index is 13.5. The third-order valence-corrected chi connectivity index (χ3v) is 10.3. The van der Waals surface area contributed by atoms with Gasteiger partial charge in [0, 0.05) is 46.1 Å². The van der Waals surface area contributed by atoms with Crippen molar-refractivity contribution in [1.82, 2.24) is 0 Å². The minimum absolute atomic E-state index is 0.163. The minimum Gasteiger partial charge on any atom is -0.383 e. The van der Waals surface area contributed by atoms with Gasteiger partial charge in [0.25, 0.3) is 0 Å². The van der Waals surface area contributed by atoms with Gasteiger partial charge in [-0.2, -0.15) is 5.26 Å². The number of carbonyl (C=O) groups excluding carboxylic acids is 1. The van der Waals surface area contributed by atoms with E-state index < -0.39 is 0 Å². The molecule has 8 rings (SSSR count). The molecule has 0 aromatic carbocycles. The number of thiophene rings is 2. The number of anilines is 2. The topological polar surface area (TPSA) is 85.7 Å². The number of hydrogen-bond acceptors (Lipinski definition) is 8. The fourth-order valence-corrected chi connectivity index (χ4v) is 9.04. The quantitative estimate of drug-likeness (QED) is 0.598. The van der Waals surface area contributed by atoms with E-state index in [0.29, 0.717) is 29.6 Å². The summed E-state index contributed by atoms with van der Waals surface area (Å²) in [6, 6.07) is 4.61. The van der Waals surface area contributed by atoms with Crippen LogP contribution in [0, 0.1) is 25.2 Å². The zero-order chi connectivity index (χ0) is 23.3. The maximum Gasteiger partial charge on any atom is 0.161 e. The molecule has 0 amide bonds. The molecule has 0 spiro atoms. The Morgan fingerprint density at radius 3 is 2.68 bits per heavy atom. The molecule has 8 heteroatoms. The molecule has 2 bridgehead atoms. The summed E-state index contributed by atoms with van der Waals surface area (Å²) in [6.45, 7) is 6.34. The summed E-state index contributed by atoms with van der Waals surface area (Å²) in [7, 11) is 0. The van der Waals surface area contributed by atoms with E-state index in [0.717, 1.165) is 71.0 Å². The molecule has 172 valence electrons. The number of rotatable bonds is 1. The standard InChI is InChI=1S/C26H25N5OS2/c1-12-10-15(13(2)33-12)20-16(11-27)24-29-23(28)22-19-14-6-8-30(9-7-14)25(19)34-26(22)31(24)17-4-3-5-18(32)21(17)20/h10,14,20H,3-9H2,1-2H3,(H2,28,29)/t20-/m0/s1. The summed E-state index contributed by atoms with van der Waals surface area (Å²) in [5, 5.41) is 12.8. The number of nitrogens with two attached hydrogens (primary N) is 1. The fraction of sp³-hybridized carbons (Fsp3) is 0.423. The molecule has 7 heterocycles. The average molecular weight is 488 g/mol. The smallest absolute Gasteiger partial charge is 0.161 e. The van der Waals surface area contributed by atoms with Gasteiger partial charge >= 0.3 is 0 Å².